The van der Waals surface area contributed by atoms with Crippen LogP contribution < -0.4 is 4.74 Å². The van der Waals surface area contributed by atoms with Gasteiger partial charge in [-0.25, -0.2) is 0 Å². The number of halogens is 1. The predicted molar refractivity (Wildman–Crippen MR) is 124 cm³/mol. The summed E-state index contributed by atoms with van der Waals surface area (Å²) < 4.78 is 7.46. The Kier molecular flexibility index (Phi) is 4.33. The highest BCUT2D eigenvalue weighted by molar-refractivity contribution is 9.10. The number of benzene rings is 4. The summed E-state index contributed by atoms with van der Waals surface area (Å²) in [6.07, 6.45) is 0. The number of ether oxygens (including phenoxy) is 1. The lowest BCUT2D eigenvalue weighted by molar-refractivity contribution is 0.418. The molecule has 1 aliphatic rings. The van der Waals surface area contributed by atoms with Crippen molar-refractivity contribution >= 4 is 15.9 Å². The van der Waals surface area contributed by atoms with E-state index < -0.39 is 0 Å². The van der Waals surface area contributed by atoms with Crippen LogP contribution in [-0.2, 0) is 5.41 Å². The Labute approximate surface area is 180 Å². The zero-order chi connectivity index (χ0) is 20.0. The van der Waals surface area contributed by atoms with Crippen molar-refractivity contribution in [2.75, 3.05) is 0 Å². The second kappa shape index (κ2) is 6.89. The van der Waals surface area contributed by atoms with Crippen LogP contribution in [0.3, 0.4) is 0 Å². The van der Waals surface area contributed by atoms with Gasteiger partial charge in [0.25, 0.3) is 0 Å². The van der Waals surface area contributed by atoms with E-state index in [9.17, 15) is 0 Å². The van der Waals surface area contributed by atoms with E-state index in [0.717, 1.165) is 16.0 Å². The molecule has 0 saturated heterocycles. The van der Waals surface area contributed by atoms with Crippen molar-refractivity contribution < 1.29 is 4.74 Å². The number of para-hydroxylation sites is 1. The van der Waals surface area contributed by atoms with Gasteiger partial charge in [0.2, 0.25) is 0 Å². The van der Waals surface area contributed by atoms with Gasteiger partial charge in [-0.15, -0.1) is 0 Å². The van der Waals surface area contributed by atoms with Gasteiger partial charge in [0.1, 0.15) is 11.5 Å². The molecule has 4 aromatic carbocycles. The molecule has 0 aromatic heterocycles. The highest BCUT2D eigenvalue weighted by Gasteiger charge is 2.35. The van der Waals surface area contributed by atoms with Crippen LogP contribution in [0.1, 0.15) is 25.0 Å². The molecule has 1 heterocycles. The Morgan fingerprint density at radius 1 is 0.621 bits per heavy atom. The van der Waals surface area contributed by atoms with Gasteiger partial charge in [0.15, 0.2) is 0 Å². The first kappa shape index (κ1) is 18.2. The maximum atomic E-state index is 6.38. The first-order valence-electron chi connectivity index (χ1n) is 9.81. The lowest BCUT2D eigenvalue weighted by Gasteiger charge is -2.35. The SMILES string of the molecule is CC1(C)c2ccccc2Oc2cc(-c3ccccc3)c(-c3ccc(Br)cc3)cc21. The van der Waals surface area contributed by atoms with Crippen LogP contribution in [0.25, 0.3) is 22.3 Å². The molecule has 0 fully saturated rings. The smallest absolute Gasteiger partial charge is 0.132 e. The van der Waals surface area contributed by atoms with Crippen LogP contribution in [0.2, 0.25) is 0 Å². The molecule has 1 nitrogen and oxygen atoms in total. The van der Waals surface area contributed by atoms with Crippen molar-refractivity contribution in [1.29, 1.82) is 0 Å². The standard InChI is InChI=1S/C27H21BrO/c1-27(2)23-10-6-7-11-25(23)29-26-17-22(18-8-4-3-5-9-18)21(16-24(26)27)19-12-14-20(28)15-13-19/h3-17H,1-2H3. The topological polar surface area (TPSA) is 9.23 Å². The Balaban J connectivity index is 1.78. The van der Waals surface area contributed by atoms with Crippen molar-refractivity contribution in [1.82, 2.24) is 0 Å². The number of hydrogen-bond acceptors (Lipinski definition) is 1. The molecule has 0 unspecified atom stereocenters. The molecule has 0 atom stereocenters. The molecule has 0 saturated carbocycles. The van der Waals surface area contributed by atoms with Crippen LogP contribution in [0, 0.1) is 0 Å². The van der Waals surface area contributed by atoms with Gasteiger partial charge in [0.05, 0.1) is 0 Å². The van der Waals surface area contributed by atoms with Gasteiger partial charge in [-0.2, -0.15) is 0 Å². The highest BCUT2D eigenvalue weighted by atomic mass is 79.9. The third kappa shape index (κ3) is 3.08. The minimum Gasteiger partial charge on any atom is -0.457 e. The van der Waals surface area contributed by atoms with Gasteiger partial charge in [-0.3, -0.25) is 0 Å². The normalized spacial score (nSPS) is 13.9. The highest BCUT2D eigenvalue weighted by Crippen LogP contribution is 2.50. The summed E-state index contributed by atoms with van der Waals surface area (Å²) >= 11 is 3.56. The lowest BCUT2D eigenvalue weighted by atomic mass is 9.74. The molecule has 1 aliphatic heterocycles. The van der Waals surface area contributed by atoms with E-state index in [1.165, 1.54) is 33.4 Å². The van der Waals surface area contributed by atoms with Crippen molar-refractivity contribution in [2.45, 2.75) is 19.3 Å². The van der Waals surface area contributed by atoms with Crippen molar-refractivity contribution in [3.63, 3.8) is 0 Å². The Bertz CT molecular complexity index is 1190. The van der Waals surface area contributed by atoms with E-state index in [4.69, 9.17) is 4.74 Å². The van der Waals surface area contributed by atoms with Crippen LogP contribution in [0.4, 0.5) is 0 Å². The van der Waals surface area contributed by atoms with Crippen LogP contribution in [-0.4, -0.2) is 0 Å². The maximum absolute atomic E-state index is 6.38. The Morgan fingerprint density at radius 2 is 1.24 bits per heavy atom. The third-order valence-corrected chi connectivity index (χ3v) is 6.34. The minimum atomic E-state index is -0.135. The molecule has 142 valence electrons. The average molecular weight is 441 g/mol. The molecule has 0 spiro atoms. The summed E-state index contributed by atoms with van der Waals surface area (Å²) in [5.74, 6) is 1.88. The first-order chi connectivity index (χ1) is 14.0. The van der Waals surface area contributed by atoms with Gasteiger partial charge in [-0.1, -0.05) is 90.4 Å². The summed E-state index contributed by atoms with van der Waals surface area (Å²) in [4.78, 5) is 0. The lowest BCUT2D eigenvalue weighted by Crippen LogP contribution is -2.24. The van der Waals surface area contributed by atoms with Crippen molar-refractivity contribution in [2.24, 2.45) is 0 Å². The largest absolute Gasteiger partial charge is 0.457 e. The van der Waals surface area contributed by atoms with Gasteiger partial charge < -0.3 is 4.74 Å². The number of fused-ring (bicyclic) bond motifs is 2. The zero-order valence-corrected chi connectivity index (χ0v) is 18.0. The summed E-state index contributed by atoms with van der Waals surface area (Å²) in [5.41, 5.74) is 7.10. The van der Waals surface area contributed by atoms with E-state index in [-0.39, 0.29) is 5.41 Å². The van der Waals surface area contributed by atoms with E-state index in [2.05, 4.69) is 115 Å². The fraction of sp³-hybridized carbons (Fsp3) is 0.111. The van der Waals surface area contributed by atoms with Crippen molar-refractivity contribution in [3.8, 4) is 33.8 Å². The van der Waals surface area contributed by atoms with Crippen molar-refractivity contribution in [3.05, 3.63) is 107 Å². The third-order valence-electron chi connectivity index (χ3n) is 5.81. The van der Waals surface area contributed by atoms with Crippen LogP contribution >= 0.6 is 15.9 Å². The monoisotopic (exact) mass is 440 g/mol. The molecule has 0 aliphatic carbocycles. The molecule has 5 rings (SSSR count). The van der Waals surface area contributed by atoms with E-state index >= 15 is 0 Å². The number of hydrogen-bond donors (Lipinski definition) is 0. The number of rotatable bonds is 2. The van der Waals surface area contributed by atoms with Crippen LogP contribution in [0.5, 0.6) is 11.5 Å². The second-order valence-corrected chi connectivity index (χ2v) is 8.91. The van der Waals surface area contributed by atoms with Gasteiger partial charge >= 0.3 is 0 Å². The van der Waals surface area contributed by atoms with E-state index in [1.807, 2.05) is 6.07 Å². The molecule has 0 amide bonds. The van der Waals surface area contributed by atoms with Crippen LogP contribution in [0.15, 0.2) is 95.5 Å². The summed E-state index contributed by atoms with van der Waals surface area (Å²) in [6, 6.07) is 31.9. The fourth-order valence-electron chi connectivity index (χ4n) is 4.21. The molecule has 29 heavy (non-hydrogen) atoms. The summed E-state index contributed by atoms with van der Waals surface area (Å²) in [6.45, 7) is 4.56. The second-order valence-electron chi connectivity index (χ2n) is 7.99. The first-order valence-corrected chi connectivity index (χ1v) is 10.6. The average Bonchev–Trinajstić information content (AvgIpc) is 2.74. The molecule has 0 radical (unpaired) electrons. The fourth-order valence-corrected chi connectivity index (χ4v) is 4.48. The summed E-state index contributed by atoms with van der Waals surface area (Å²) in [5, 5.41) is 0. The van der Waals surface area contributed by atoms with E-state index in [0.29, 0.717) is 0 Å². The zero-order valence-electron chi connectivity index (χ0n) is 16.4. The Morgan fingerprint density at radius 3 is 2.00 bits per heavy atom. The maximum Gasteiger partial charge on any atom is 0.132 e. The Hall–Kier alpha value is -2.84. The molecule has 0 N–H and O–H groups in total. The summed E-state index contributed by atoms with van der Waals surface area (Å²) in [7, 11) is 0. The molecule has 4 aromatic rings. The minimum absolute atomic E-state index is 0.135. The van der Waals surface area contributed by atoms with E-state index in [1.54, 1.807) is 0 Å². The molecule has 0 bridgehead atoms. The molecular formula is C27H21BrO. The van der Waals surface area contributed by atoms with Gasteiger partial charge in [0, 0.05) is 21.0 Å². The molecular weight excluding hydrogens is 420 g/mol. The van der Waals surface area contributed by atoms with Gasteiger partial charge in [-0.05, 0) is 52.6 Å². The predicted octanol–water partition coefficient (Wildman–Crippen LogP) is 8.21. The molecule has 2 heteroatoms. The quantitative estimate of drug-likeness (QED) is 0.305.